The van der Waals surface area contributed by atoms with Gasteiger partial charge in [0.2, 0.25) is 5.88 Å². The lowest BCUT2D eigenvalue weighted by molar-refractivity contribution is 0.326. The first kappa shape index (κ1) is 11.8. The Hall–Kier alpha value is -2.30. The summed E-state index contributed by atoms with van der Waals surface area (Å²) in [5.74, 6) is 2.25. The second kappa shape index (κ2) is 5.14. The van der Waals surface area contributed by atoms with E-state index in [4.69, 9.17) is 9.47 Å². The number of nitrogens with zero attached hydrogens (tertiary/aromatic N) is 2. The third-order valence-electron chi connectivity index (χ3n) is 2.96. The fraction of sp³-hybridized carbons (Fsp3) is 0.286. The van der Waals surface area contributed by atoms with Crippen LogP contribution in [0.2, 0.25) is 0 Å². The molecule has 1 N–H and O–H groups in total. The molecule has 0 aliphatic carbocycles. The zero-order valence-corrected chi connectivity index (χ0v) is 10.7. The average Bonchev–Trinajstić information content (AvgIpc) is 2.83. The molecule has 0 bridgehead atoms. The molecular weight excluding hydrogens is 242 g/mol. The van der Waals surface area contributed by atoms with Gasteiger partial charge in [-0.2, -0.15) is 0 Å². The molecule has 19 heavy (non-hydrogen) atoms. The summed E-state index contributed by atoms with van der Waals surface area (Å²) in [4.78, 5) is 8.24. The van der Waals surface area contributed by atoms with Crippen LogP contribution in [0, 0.1) is 0 Å². The average molecular weight is 257 g/mol. The molecule has 1 aliphatic heterocycles. The molecule has 1 aliphatic rings. The maximum absolute atomic E-state index is 5.62. The Kier molecular flexibility index (Phi) is 3.18. The quantitative estimate of drug-likeness (QED) is 0.911. The van der Waals surface area contributed by atoms with Gasteiger partial charge in [-0.25, -0.2) is 9.97 Å². The van der Waals surface area contributed by atoms with E-state index in [1.54, 1.807) is 6.07 Å². The maximum atomic E-state index is 5.62. The minimum atomic E-state index is 0.112. The number of para-hydroxylation sites is 1. The zero-order chi connectivity index (χ0) is 13.1. The van der Waals surface area contributed by atoms with E-state index >= 15 is 0 Å². The molecule has 1 aromatic carbocycles. The van der Waals surface area contributed by atoms with Crippen molar-refractivity contribution in [3.8, 4) is 11.6 Å². The topological polar surface area (TPSA) is 56.3 Å². The van der Waals surface area contributed by atoms with Gasteiger partial charge in [0, 0.05) is 11.6 Å². The standard InChI is InChI=1S/C14H15N3O2/c1-2-18-14-7-13(15-9-16-14)17-11-8-19-12-6-4-3-5-10(11)12/h3-7,9,11H,2,8H2,1H3,(H,15,16,17). The molecule has 98 valence electrons. The van der Waals surface area contributed by atoms with Crippen LogP contribution in [-0.4, -0.2) is 23.2 Å². The number of hydrogen-bond donors (Lipinski definition) is 1. The third kappa shape index (κ3) is 2.45. The van der Waals surface area contributed by atoms with Crippen LogP contribution in [0.4, 0.5) is 5.82 Å². The van der Waals surface area contributed by atoms with Gasteiger partial charge in [0.1, 0.15) is 24.5 Å². The molecule has 0 saturated heterocycles. The highest BCUT2D eigenvalue weighted by molar-refractivity contribution is 5.46. The smallest absolute Gasteiger partial charge is 0.218 e. The summed E-state index contributed by atoms with van der Waals surface area (Å²) in [6, 6.07) is 9.92. The summed E-state index contributed by atoms with van der Waals surface area (Å²) in [6.45, 7) is 3.12. The number of nitrogens with one attached hydrogen (secondary N) is 1. The SMILES string of the molecule is CCOc1cc(NC2COc3ccccc32)ncn1. The fourth-order valence-electron chi connectivity index (χ4n) is 2.11. The van der Waals surface area contributed by atoms with E-state index in [0.29, 0.717) is 19.1 Å². The lowest BCUT2D eigenvalue weighted by Gasteiger charge is -2.12. The zero-order valence-electron chi connectivity index (χ0n) is 10.7. The number of fused-ring (bicyclic) bond motifs is 1. The van der Waals surface area contributed by atoms with Gasteiger partial charge in [-0.05, 0) is 13.0 Å². The van der Waals surface area contributed by atoms with E-state index in [0.717, 1.165) is 17.1 Å². The molecular formula is C14H15N3O2. The Morgan fingerprint density at radius 1 is 1.37 bits per heavy atom. The molecule has 1 unspecified atom stereocenters. The van der Waals surface area contributed by atoms with Crippen molar-refractivity contribution < 1.29 is 9.47 Å². The van der Waals surface area contributed by atoms with Gasteiger partial charge >= 0.3 is 0 Å². The van der Waals surface area contributed by atoms with Crippen LogP contribution in [-0.2, 0) is 0 Å². The molecule has 2 aromatic rings. The lowest BCUT2D eigenvalue weighted by atomic mass is 10.1. The number of anilines is 1. The maximum Gasteiger partial charge on any atom is 0.218 e. The number of ether oxygens (including phenoxy) is 2. The lowest BCUT2D eigenvalue weighted by Crippen LogP contribution is -2.13. The highest BCUT2D eigenvalue weighted by Gasteiger charge is 2.23. The van der Waals surface area contributed by atoms with Gasteiger partial charge in [0.15, 0.2) is 0 Å². The van der Waals surface area contributed by atoms with Crippen LogP contribution in [0.5, 0.6) is 11.6 Å². The number of aromatic nitrogens is 2. The van der Waals surface area contributed by atoms with Gasteiger partial charge in [0.25, 0.3) is 0 Å². The Morgan fingerprint density at radius 3 is 3.16 bits per heavy atom. The number of hydrogen-bond acceptors (Lipinski definition) is 5. The molecule has 1 aromatic heterocycles. The van der Waals surface area contributed by atoms with Gasteiger partial charge in [-0.15, -0.1) is 0 Å². The minimum absolute atomic E-state index is 0.112. The molecule has 0 saturated carbocycles. The Labute approximate surface area is 111 Å². The number of rotatable bonds is 4. The van der Waals surface area contributed by atoms with Gasteiger partial charge in [0.05, 0.1) is 12.6 Å². The monoisotopic (exact) mass is 257 g/mol. The molecule has 5 nitrogen and oxygen atoms in total. The van der Waals surface area contributed by atoms with Crippen LogP contribution >= 0.6 is 0 Å². The molecule has 3 rings (SSSR count). The van der Waals surface area contributed by atoms with Crippen molar-refractivity contribution in [2.45, 2.75) is 13.0 Å². The fourth-order valence-corrected chi connectivity index (χ4v) is 2.11. The predicted octanol–water partition coefficient (Wildman–Crippen LogP) is 2.42. The van der Waals surface area contributed by atoms with Gasteiger partial charge < -0.3 is 14.8 Å². The first-order valence-electron chi connectivity index (χ1n) is 6.30. The second-order valence-electron chi connectivity index (χ2n) is 4.22. The predicted molar refractivity (Wildman–Crippen MR) is 71.5 cm³/mol. The molecule has 5 heteroatoms. The molecule has 0 fully saturated rings. The van der Waals surface area contributed by atoms with Crippen molar-refractivity contribution in [3.05, 3.63) is 42.2 Å². The van der Waals surface area contributed by atoms with Gasteiger partial charge in [-0.1, -0.05) is 18.2 Å². The normalized spacial score (nSPS) is 16.6. The van der Waals surface area contributed by atoms with Gasteiger partial charge in [-0.3, -0.25) is 0 Å². The van der Waals surface area contributed by atoms with E-state index in [1.807, 2.05) is 25.1 Å². The summed E-state index contributed by atoms with van der Waals surface area (Å²) < 4.78 is 11.0. The van der Waals surface area contributed by atoms with Crippen molar-refractivity contribution in [1.29, 1.82) is 0 Å². The highest BCUT2D eigenvalue weighted by atomic mass is 16.5. The first-order valence-corrected chi connectivity index (χ1v) is 6.30. The van der Waals surface area contributed by atoms with Crippen molar-refractivity contribution in [2.24, 2.45) is 0 Å². The number of benzene rings is 1. The van der Waals surface area contributed by atoms with E-state index in [-0.39, 0.29) is 6.04 Å². The Morgan fingerprint density at radius 2 is 2.26 bits per heavy atom. The summed E-state index contributed by atoms with van der Waals surface area (Å²) in [5, 5.41) is 3.34. The van der Waals surface area contributed by atoms with E-state index in [9.17, 15) is 0 Å². The van der Waals surface area contributed by atoms with Crippen molar-refractivity contribution in [3.63, 3.8) is 0 Å². The summed E-state index contributed by atoms with van der Waals surface area (Å²) in [5.41, 5.74) is 1.15. The van der Waals surface area contributed by atoms with Crippen LogP contribution in [0.25, 0.3) is 0 Å². The molecule has 2 heterocycles. The Balaban J connectivity index is 1.77. The highest BCUT2D eigenvalue weighted by Crippen LogP contribution is 2.33. The largest absolute Gasteiger partial charge is 0.491 e. The molecule has 0 amide bonds. The van der Waals surface area contributed by atoms with Crippen molar-refractivity contribution in [1.82, 2.24) is 9.97 Å². The molecule has 0 spiro atoms. The van der Waals surface area contributed by atoms with Crippen LogP contribution in [0.3, 0.4) is 0 Å². The van der Waals surface area contributed by atoms with E-state index in [2.05, 4.69) is 21.4 Å². The molecule has 0 radical (unpaired) electrons. The summed E-state index contributed by atoms with van der Waals surface area (Å²) >= 11 is 0. The summed E-state index contributed by atoms with van der Waals surface area (Å²) in [7, 11) is 0. The van der Waals surface area contributed by atoms with Crippen molar-refractivity contribution in [2.75, 3.05) is 18.5 Å². The summed E-state index contributed by atoms with van der Waals surface area (Å²) in [6.07, 6.45) is 1.50. The van der Waals surface area contributed by atoms with Crippen LogP contribution in [0.1, 0.15) is 18.5 Å². The second-order valence-corrected chi connectivity index (χ2v) is 4.22. The third-order valence-corrected chi connectivity index (χ3v) is 2.96. The van der Waals surface area contributed by atoms with E-state index in [1.165, 1.54) is 6.33 Å². The Bertz CT molecular complexity index is 574. The van der Waals surface area contributed by atoms with E-state index < -0.39 is 0 Å². The van der Waals surface area contributed by atoms with Crippen molar-refractivity contribution >= 4 is 5.82 Å². The van der Waals surface area contributed by atoms with Crippen LogP contribution < -0.4 is 14.8 Å². The van der Waals surface area contributed by atoms with Crippen LogP contribution in [0.15, 0.2) is 36.7 Å². The minimum Gasteiger partial charge on any atom is -0.491 e. The molecule has 1 atom stereocenters. The first-order chi connectivity index (χ1) is 9.36.